The van der Waals surface area contributed by atoms with Crippen molar-refractivity contribution in [3.8, 4) is 0 Å². The smallest absolute Gasteiger partial charge is 0.123 e. The molecule has 0 saturated heterocycles. The van der Waals surface area contributed by atoms with Crippen molar-refractivity contribution < 1.29 is 4.39 Å². The number of halogens is 3. The average Bonchev–Trinajstić information content (AvgIpc) is 2.49. The Morgan fingerprint density at radius 3 is 2.57 bits per heavy atom. The predicted molar refractivity (Wildman–Crippen MR) is 91.4 cm³/mol. The van der Waals surface area contributed by atoms with E-state index >= 15 is 0 Å². The van der Waals surface area contributed by atoms with Crippen molar-refractivity contribution in [3.63, 3.8) is 0 Å². The Labute approximate surface area is 138 Å². The molecule has 0 heterocycles. The van der Waals surface area contributed by atoms with Gasteiger partial charge in [0.15, 0.2) is 0 Å². The zero-order valence-corrected chi connectivity index (χ0v) is 14.2. The number of hydrogen-bond donors (Lipinski definition) is 1. The predicted octanol–water partition coefficient (Wildman–Crippen LogP) is 6.59. The molecule has 1 unspecified atom stereocenters. The second-order valence-electron chi connectivity index (χ2n) is 4.99. The van der Waals surface area contributed by atoms with Crippen LogP contribution in [0.5, 0.6) is 0 Å². The maximum atomic E-state index is 13.1. The zero-order valence-electron chi connectivity index (χ0n) is 11.9. The average molecular weight is 371 g/mol. The maximum absolute atomic E-state index is 13.1. The van der Waals surface area contributed by atoms with Gasteiger partial charge in [0.25, 0.3) is 0 Å². The van der Waals surface area contributed by atoms with E-state index in [0.717, 1.165) is 35.0 Å². The summed E-state index contributed by atoms with van der Waals surface area (Å²) in [4.78, 5) is 0. The molecule has 0 radical (unpaired) electrons. The van der Waals surface area contributed by atoms with E-state index < -0.39 is 0 Å². The Bertz CT molecular complexity index is 586. The van der Waals surface area contributed by atoms with Gasteiger partial charge >= 0.3 is 0 Å². The Hall–Kier alpha value is -1.06. The minimum Gasteiger partial charge on any atom is -0.377 e. The van der Waals surface area contributed by atoms with Crippen LogP contribution in [0.25, 0.3) is 0 Å². The van der Waals surface area contributed by atoms with E-state index in [0.29, 0.717) is 5.02 Å². The Morgan fingerprint density at radius 1 is 1.19 bits per heavy atom. The minimum atomic E-state index is -0.211. The van der Waals surface area contributed by atoms with E-state index in [-0.39, 0.29) is 11.9 Å². The zero-order chi connectivity index (χ0) is 15.2. The maximum Gasteiger partial charge on any atom is 0.123 e. The highest BCUT2D eigenvalue weighted by atomic mass is 79.9. The molecule has 1 atom stereocenters. The Balaban J connectivity index is 2.23. The van der Waals surface area contributed by atoms with Crippen molar-refractivity contribution in [2.75, 3.05) is 5.32 Å². The number of nitrogens with one attached hydrogen (secondary N) is 1. The molecule has 0 spiro atoms. The number of anilines is 1. The molecule has 0 aromatic heterocycles. The molecule has 21 heavy (non-hydrogen) atoms. The van der Waals surface area contributed by atoms with E-state index in [9.17, 15) is 4.39 Å². The summed E-state index contributed by atoms with van der Waals surface area (Å²) in [5, 5.41) is 4.18. The van der Waals surface area contributed by atoms with E-state index in [1.165, 1.54) is 12.1 Å². The van der Waals surface area contributed by atoms with E-state index in [4.69, 9.17) is 11.6 Å². The van der Waals surface area contributed by atoms with Crippen molar-refractivity contribution in [3.05, 3.63) is 63.3 Å². The monoisotopic (exact) mass is 369 g/mol. The molecule has 112 valence electrons. The third-order valence-electron chi connectivity index (χ3n) is 3.40. The van der Waals surface area contributed by atoms with Gasteiger partial charge in [-0.15, -0.1) is 0 Å². The molecule has 0 aliphatic heterocycles. The second-order valence-corrected chi connectivity index (χ2v) is 6.19. The first-order valence-corrected chi connectivity index (χ1v) is 8.25. The quantitative estimate of drug-likeness (QED) is 0.605. The molecule has 1 nitrogen and oxygen atoms in total. The van der Waals surface area contributed by atoms with Crippen LogP contribution in [0.2, 0.25) is 5.02 Å². The van der Waals surface area contributed by atoms with Gasteiger partial charge in [-0.3, -0.25) is 0 Å². The van der Waals surface area contributed by atoms with Gasteiger partial charge < -0.3 is 5.32 Å². The summed E-state index contributed by atoms with van der Waals surface area (Å²) in [6, 6.07) is 12.6. The lowest BCUT2D eigenvalue weighted by atomic mass is 10.0. The Kier molecular flexibility index (Phi) is 6.07. The third kappa shape index (κ3) is 4.45. The largest absolute Gasteiger partial charge is 0.377 e. The van der Waals surface area contributed by atoms with Crippen LogP contribution in [-0.2, 0) is 0 Å². The standard InChI is InChI=1S/C17H18BrClFN/c1-2-3-6-15(12-8-10-13(20)11-9-12)21-16-7-4-5-14(19)17(16)18/h4-5,7-11,15,21H,2-3,6H2,1H3. The molecule has 1 N–H and O–H groups in total. The van der Waals surface area contributed by atoms with Gasteiger partial charge in [0.2, 0.25) is 0 Å². The van der Waals surface area contributed by atoms with E-state index in [1.807, 2.05) is 30.3 Å². The highest BCUT2D eigenvalue weighted by Gasteiger charge is 2.13. The summed E-state index contributed by atoms with van der Waals surface area (Å²) >= 11 is 9.64. The van der Waals surface area contributed by atoms with Crippen molar-refractivity contribution in [2.45, 2.75) is 32.2 Å². The first kappa shape index (κ1) is 16.3. The van der Waals surface area contributed by atoms with Crippen LogP contribution in [0.15, 0.2) is 46.9 Å². The van der Waals surface area contributed by atoms with Crippen LogP contribution in [0, 0.1) is 5.82 Å². The Morgan fingerprint density at radius 2 is 1.90 bits per heavy atom. The summed E-state index contributed by atoms with van der Waals surface area (Å²) in [7, 11) is 0. The van der Waals surface area contributed by atoms with Gasteiger partial charge in [-0.2, -0.15) is 0 Å². The highest BCUT2D eigenvalue weighted by molar-refractivity contribution is 9.10. The van der Waals surface area contributed by atoms with Crippen LogP contribution in [-0.4, -0.2) is 0 Å². The normalized spacial score (nSPS) is 12.2. The fourth-order valence-electron chi connectivity index (χ4n) is 2.23. The van der Waals surface area contributed by atoms with Crippen molar-refractivity contribution >= 4 is 33.2 Å². The molecule has 0 aliphatic rings. The molecule has 4 heteroatoms. The molecule has 0 saturated carbocycles. The molecule has 2 rings (SSSR count). The first-order chi connectivity index (χ1) is 10.1. The molecular formula is C17H18BrClFN. The van der Waals surface area contributed by atoms with Crippen LogP contribution in [0.4, 0.5) is 10.1 Å². The van der Waals surface area contributed by atoms with Gasteiger partial charge in [-0.1, -0.05) is 49.6 Å². The SMILES string of the molecule is CCCCC(Nc1cccc(Cl)c1Br)c1ccc(F)cc1. The van der Waals surface area contributed by atoms with E-state index in [2.05, 4.69) is 28.2 Å². The fourth-order valence-corrected chi connectivity index (χ4v) is 2.78. The summed E-state index contributed by atoms with van der Waals surface area (Å²) in [6.45, 7) is 2.16. The molecule has 0 aliphatic carbocycles. The topological polar surface area (TPSA) is 12.0 Å². The lowest BCUT2D eigenvalue weighted by molar-refractivity contribution is 0.616. The number of unbranched alkanes of at least 4 members (excludes halogenated alkanes) is 1. The fraction of sp³-hybridized carbons (Fsp3) is 0.294. The number of rotatable bonds is 6. The highest BCUT2D eigenvalue weighted by Crippen LogP contribution is 2.33. The summed E-state index contributed by atoms with van der Waals surface area (Å²) < 4.78 is 14.0. The van der Waals surface area contributed by atoms with Crippen molar-refractivity contribution in [1.29, 1.82) is 0 Å². The molecule has 0 amide bonds. The molecule has 0 fully saturated rings. The van der Waals surface area contributed by atoms with Crippen LogP contribution < -0.4 is 5.32 Å². The number of hydrogen-bond acceptors (Lipinski definition) is 1. The van der Waals surface area contributed by atoms with Crippen LogP contribution in [0.3, 0.4) is 0 Å². The first-order valence-electron chi connectivity index (χ1n) is 7.08. The molecular weight excluding hydrogens is 353 g/mol. The second kappa shape index (κ2) is 7.81. The van der Waals surface area contributed by atoms with Crippen molar-refractivity contribution in [2.24, 2.45) is 0 Å². The van der Waals surface area contributed by atoms with Gasteiger partial charge in [0.05, 0.1) is 21.2 Å². The molecule has 2 aromatic rings. The van der Waals surface area contributed by atoms with Gasteiger partial charge in [-0.05, 0) is 52.2 Å². The third-order valence-corrected chi connectivity index (χ3v) is 4.80. The van der Waals surface area contributed by atoms with Crippen molar-refractivity contribution in [1.82, 2.24) is 0 Å². The molecule has 2 aromatic carbocycles. The molecule has 0 bridgehead atoms. The summed E-state index contributed by atoms with van der Waals surface area (Å²) in [5.74, 6) is -0.211. The van der Waals surface area contributed by atoms with Gasteiger partial charge in [0, 0.05) is 0 Å². The van der Waals surface area contributed by atoms with E-state index in [1.54, 1.807) is 0 Å². The van der Waals surface area contributed by atoms with Crippen LogP contribution >= 0.6 is 27.5 Å². The van der Waals surface area contributed by atoms with Gasteiger partial charge in [0.1, 0.15) is 5.82 Å². The minimum absolute atomic E-state index is 0.139. The number of benzene rings is 2. The lowest BCUT2D eigenvalue weighted by Crippen LogP contribution is -2.11. The summed E-state index contributed by atoms with van der Waals surface area (Å²) in [6.07, 6.45) is 3.21. The lowest BCUT2D eigenvalue weighted by Gasteiger charge is -2.21. The summed E-state index contributed by atoms with van der Waals surface area (Å²) in [5.41, 5.74) is 2.03. The van der Waals surface area contributed by atoms with Crippen LogP contribution in [0.1, 0.15) is 37.8 Å². The van der Waals surface area contributed by atoms with Gasteiger partial charge in [-0.25, -0.2) is 4.39 Å².